The molecule has 1 atom stereocenters. The Labute approximate surface area is 101 Å². The summed E-state index contributed by atoms with van der Waals surface area (Å²) in [7, 11) is 1.59. The number of nitrogens with one attached hydrogen (secondary N) is 1. The SMILES string of the molecule is COCC(NC(=O)c1ccncc1O)C(C)C. The normalized spacial score (nSPS) is 12.5. The fourth-order valence-electron chi connectivity index (χ4n) is 1.40. The van der Waals surface area contributed by atoms with Crippen LogP contribution in [0.25, 0.3) is 0 Å². The number of hydrogen-bond acceptors (Lipinski definition) is 4. The van der Waals surface area contributed by atoms with Gasteiger partial charge in [-0.3, -0.25) is 9.78 Å². The second kappa shape index (κ2) is 6.20. The number of carbonyl (C=O) groups is 1. The summed E-state index contributed by atoms with van der Waals surface area (Å²) in [5.74, 6) is -0.187. The third kappa shape index (κ3) is 3.71. The molecule has 5 nitrogen and oxygen atoms in total. The molecule has 0 saturated carbocycles. The zero-order chi connectivity index (χ0) is 12.8. The lowest BCUT2D eigenvalue weighted by molar-refractivity contribution is 0.0864. The smallest absolute Gasteiger partial charge is 0.255 e. The molecule has 0 aromatic carbocycles. The van der Waals surface area contributed by atoms with E-state index in [4.69, 9.17) is 4.74 Å². The molecule has 94 valence electrons. The molecule has 5 heteroatoms. The largest absolute Gasteiger partial charge is 0.505 e. The lowest BCUT2D eigenvalue weighted by Gasteiger charge is -2.21. The highest BCUT2D eigenvalue weighted by Gasteiger charge is 2.18. The molecule has 1 rings (SSSR count). The molecule has 0 saturated heterocycles. The zero-order valence-electron chi connectivity index (χ0n) is 10.3. The maximum atomic E-state index is 11.9. The number of rotatable bonds is 5. The van der Waals surface area contributed by atoms with Crippen LogP contribution in [0.5, 0.6) is 5.75 Å². The summed E-state index contributed by atoms with van der Waals surface area (Å²) < 4.78 is 5.04. The summed E-state index contributed by atoms with van der Waals surface area (Å²) in [5, 5.41) is 12.3. The van der Waals surface area contributed by atoms with Crippen LogP contribution in [-0.4, -0.2) is 35.8 Å². The van der Waals surface area contributed by atoms with Crippen LogP contribution in [-0.2, 0) is 4.74 Å². The van der Waals surface area contributed by atoms with Crippen LogP contribution in [0.4, 0.5) is 0 Å². The number of amides is 1. The quantitative estimate of drug-likeness (QED) is 0.808. The first-order valence-electron chi connectivity index (χ1n) is 5.49. The number of pyridine rings is 1. The molecule has 0 spiro atoms. The standard InChI is InChI=1S/C12H18N2O3/c1-8(2)10(7-17-3)14-12(16)9-4-5-13-6-11(9)15/h4-6,8,10,15H,7H2,1-3H3,(H,14,16). The van der Waals surface area contributed by atoms with Crippen molar-refractivity contribution in [3.8, 4) is 5.75 Å². The highest BCUT2D eigenvalue weighted by atomic mass is 16.5. The third-order valence-electron chi connectivity index (χ3n) is 2.51. The van der Waals surface area contributed by atoms with Crippen molar-refractivity contribution in [3.63, 3.8) is 0 Å². The van der Waals surface area contributed by atoms with Crippen molar-refractivity contribution in [1.29, 1.82) is 0 Å². The minimum Gasteiger partial charge on any atom is -0.505 e. The van der Waals surface area contributed by atoms with Gasteiger partial charge in [0.15, 0.2) is 0 Å². The Morgan fingerprint density at radius 3 is 2.82 bits per heavy atom. The van der Waals surface area contributed by atoms with Crippen molar-refractivity contribution in [2.24, 2.45) is 5.92 Å². The van der Waals surface area contributed by atoms with Gasteiger partial charge >= 0.3 is 0 Å². The molecular weight excluding hydrogens is 220 g/mol. The molecule has 1 unspecified atom stereocenters. The number of methoxy groups -OCH3 is 1. The highest BCUT2D eigenvalue weighted by Crippen LogP contribution is 2.14. The number of hydrogen-bond donors (Lipinski definition) is 2. The Morgan fingerprint density at radius 1 is 1.59 bits per heavy atom. The first-order valence-corrected chi connectivity index (χ1v) is 5.49. The lowest BCUT2D eigenvalue weighted by atomic mass is 10.0. The Balaban J connectivity index is 2.74. The van der Waals surface area contributed by atoms with E-state index in [9.17, 15) is 9.90 Å². The van der Waals surface area contributed by atoms with Crippen LogP contribution < -0.4 is 5.32 Å². The minimum absolute atomic E-state index is 0.0833. The number of nitrogens with zero attached hydrogens (tertiary/aromatic N) is 1. The number of aromatic hydroxyl groups is 1. The van der Waals surface area contributed by atoms with Gasteiger partial charge in [0, 0.05) is 13.3 Å². The maximum absolute atomic E-state index is 11.9. The first-order chi connectivity index (χ1) is 8.06. The number of carbonyl (C=O) groups excluding carboxylic acids is 1. The van der Waals surface area contributed by atoms with Gasteiger partial charge in [0.1, 0.15) is 5.75 Å². The minimum atomic E-state index is -0.319. The summed E-state index contributed by atoms with van der Waals surface area (Å²) in [6, 6.07) is 1.40. The Bertz CT molecular complexity index is 380. The van der Waals surface area contributed by atoms with E-state index < -0.39 is 0 Å². The number of aromatic nitrogens is 1. The average molecular weight is 238 g/mol. The van der Waals surface area contributed by atoms with Gasteiger partial charge in [0.25, 0.3) is 5.91 Å². The van der Waals surface area contributed by atoms with E-state index >= 15 is 0 Å². The average Bonchev–Trinajstić information content (AvgIpc) is 2.28. The summed E-state index contributed by atoms with van der Waals surface area (Å²) in [6.45, 7) is 4.43. The van der Waals surface area contributed by atoms with Crippen molar-refractivity contribution >= 4 is 5.91 Å². The van der Waals surface area contributed by atoms with Gasteiger partial charge in [0.05, 0.1) is 24.4 Å². The Hall–Kier alpha value is -1.62. The molecule has 1 amide bonds. The molecule has 0 bridgehead atoms. The van der Waals surface area contributed by atoms with E-state index in [0.717, 1.165) is 0 Å². The van der Waals surface area contributed by atoms with E-state index in [1.165, 1.54) is 18.5 Å². The van der Waals surface area contributed by atoms with Crippen LogP contribution in [0.15, 0.2) is 18.5 Å². The van der Waals surface area contributed by atoms with Crippen LogP contribution in [0.2, 0.25) is 0 Å². The summed E-state index contributed by atoms with van der Waals surface area (Å²) in [6.07, 6.45) is 2.71. The van der Waals surface area contributed by atoms with Gasteiger partial charge in [-0.05, 0) is 12.0 Å². The molecule has 0 aliphatic heterocycles. The van der Waals surface area contributed by atoms with Gasteiger partial charge in [-0.25, -0.2) is 0 Å². The van der Waals surface area contributed by atoms with Crippen LogP contribution in [0.3, 0.4) is 0 Å². The van der Waals surface area contributed by atoms with Gasteiger partial charge in [-0.15, -0.1) is 0 Å². The summed E-state index contributed by atoms with van der Waals surface area (Å²) in [5.41, 5.74) is 0.224. The van der Waals surface area contributed by atoms with Crippen LogP contribution in [0.1, 0.15) is 24.2 Å². The molecule has 0 aliphatic carbocycles. The van der Waals surface area contributed by atoms with E-state index in [1.54, 1.807) is 7.11 Å². The molecule has 0 fully saturated rings. The Morgan fingerprint density at radius 2 is 2.29 bits per heavy atom. The lowest BCUT2D eigenvalue weighted by Crippen LogP contribution is -2.41. The molecule has 17 heavy (non-hydrogen) atoms. The maximum Gasteiger partial charge on any atom is 0.255 e. The van der Waals surface area contributed by atoms with Crippen molar-refractivity contribution in [1.82, 2.24) is 10.3 Å². The second-order valence-corrected chi connectivity index (χ2v) is 4.17. The van der Waals surface area contributed by atoms with E-state index in [-0.39, 0.29) is 29.2 Å². The number of ether oxygens (including phenoxy) is 1. The molecule has 0 radical (unpaired) electrons. The highest BCUT2D eigenvalue weighted by molar-refractivity contribution is 5.96. The fourth-order valence-corrected chi connectivity index (χ4v) is 1.40. The second-order valence-electron chi connectivity index (χ2n) is 4.17. The van der Waals surface area contributed by atoms with E-state index in [0.29, 0.717) is 6.61 Å². The molecule has 0 aliphatic rings. The van der Waals surface area contributed by atoms with E-state index in [2.05, 4.69) is 10.3 Å². The first kappa shape index (κ1) is 13.4. The third-order valence-corrected chi connectivity index (χ3v) is 2.51. The topological polar surface area (TPSA) is 71.5 Å². The molecule has 1 aromatic heterocycles. The molecule has 2 N–H and O–H groups in total. The van der Waals surface area contributed by atoms with Crippen LogP contribution >= 0.6 is 0 Å². The fraction of sp³-hybridized carbons (Fsp3) is 0.500. The zero-order valence-corrected chi connectivity index (χ0v) is 10.3. The van der Waals surface area contributed by atoms with Crippen molar-refractivity contribution < 1.29 is 14.6 Å². The summed E-state index contributed by atoms with van der Waals surface area (Å²) >= 11 is 0. The molecular formula is C12H18N2O3. The van der Waals surface area contributed by atoms with Gasteiger partial charge < -0.3 is 15.2 Å². The van der Waals surface area contributed by atoms with Gasteiger partial charge in [-0.2, -0.15) is 0 Å². The van der Waals surface area contributed by atoms with Gasteiger partial charge in [-0.1, -0.05) is 13.8 Å². The van der Waals surface area contributed by atoms with Crippen molar-refractivity contribution in [3.05, 3.63) is 24.0 Å². The summed E-state index contributed by atoms with van der Waals surface area (Å²) in [4.78, 5) is 15.6. The van der Waals surface area contributed by atoms with Crippen LogP contribution in [0, 0.1) is 5.92 Å². The Kier molecular flexibility index (Phi) is 4.90. The predicted octanol–water partition coefficient (Wildman–Crippen LogP) is 1.19. The van der Waals surface area contributed by atoms with E-state index in [1.807, 2.05) is 13.8 Å². The van der Waals surface area contributed by atoms with Crippen molar-refractivity contribution in [2.45, 2.75) is 19.9 Å². The van der Waals surface area contributed by atoms with Crippen molar-refractivity contribution in [2.75, 3.05) is 13.7 Å². The molecule has 1 heterocycles. The van der Waals surface area contributed by atoms with Gasteiger partial charge in [0.2, 0.25) is 0 Å². The molecule has 1 aromatic rings. The monoisotopic (exact) mass is 238 g/mol. The predicted molar refractivity (Wildman–Crippen MR) is 63.9 cm³/mol.